The monoisotopic (exact) mass is 381 g/mol. The van der Waals surface area contributed by atoms with Crippen molar-refractivity contribution in [2.45, 2.75) is 38.4 Å². The number of rotatable bonds is 2. The predicted octanol–water partition coefficient (Wildman–Crippen LogP) is 2.39. The molecular formula is C17H20BrNO4. The van der Waals surface area contributed by atoms with Crippen molar-refractivity contribution in [3.8, 4) is 0 Å². The summed E-state index contributed by atoms with van der Waals surface area (Å²) in [6, 6.07) is 5.33. The summed E-state index contributed by atoms with van der Waals surface area (Å²) in [4.78, 5) is 27.0. The Hall–Kier alpha value is -1.24. The van der Waals surface area contributed by atoms with Gasteiger partial charge in [-0.25, -0.2) is 0 Å². The number of halogens is 1. The molecule has 1 saturated heterocycles. The zero-order chi connectivity index (χ0) is 17.0. The Labute approximate surface area is 143 Å². The van der Waals surface area contributed by atoms with Gasteiger partial charge >= 0.3 is 0 Å². The van der Waals surface area contributed by atoms with Crippen LogP contribution < -0.4 is 4.90 Å². The highest BCUT2D eigenvalue weighted by atomic mass is 79.9. The van der Waals surface area contributed by atoms with Crippen LogP contribution in [0, 0.1) is 5.92 Å². The molecule has 0 aromatic heterocycles. The first kappa shape index (κ1) is 16.6. The lowest BCUT2D eigenvalue weighted by atomic mass is 9.76. The lowest BCUT2D eigenvalue weighted by molar-refractivity contribution is -0.172. The molecule has 23 heavy (non-hydrogen) atoms. The molecular weight excluding hydrogens is 362 g/mol. The number of fused-ring (bicyclic) bond motifs is 1. The largest absolute Gasteiger partial charge is 0.375 e. The van der Waals surface area contributed by atoms with Gasteiger partial charge in [0, 0.05) is 23.0 Å². The fourth-order valence-corrected chi connectivity index (χ4v) is 3.84. The van der Waals surface area contributed by atoms with Crippen molar-refractivity contribution in [1.82, 2.24) is 0 Å². The van der Waals surface area contributed by atoms with Gasteiger partial charge in [0.15, 0.2) is 5.60 Å². The van der Waals surface area contributed by atoms with E-state index in [-0.39, 0.29) is 18.8 Å². The van der Waals surface area contributed by atoms with Gasteiger partial charge in [0.2, 0.25) is 0 Å². The summed E-state index contributed by atoms with van der Waals surface area (Å²) < 4.78 is 6.48. The van der Waals surface area contributed by atoms with Gasteiger partial charge in [-0.3, -0.25) is 9.59 Å². The molecule has 2 heterocycles. The molecule has 1 N–H and O–H groups in total. The Morgan fingerprint density at radius 2 is 2.09 bits per heavy atom. The van der Waals surface area contributed by atoms with Gasteiger partial charge in [-0.1, -0.05) is 15.9 Å². The number of anilines is 1. The quantitative estimate of drug-likeness (QED) is 0.853. The lowest BCUT2D eigenvalue weighted by Crippen LogP contribution is -2.54. The third kappa shape index (κ3) is 2.44. The smallest absolute Gasteiger partial charge is 0.264 e. The molecule has 0 aliphatic carbocycles. The van der Waals surface area contributed by atoms with E-state index < -0.39 is 23.0 Å². The zero-order valence-corrected chi connectivity index (χ0v) is 15.0. The van der Waals surface area contributed by atoms with Crippen LogP contribution in [-0.2, 0) is 19.9 Å². The Balaban J connectivity index is 2.09. The molecule has 0 radical (unpaired) electrons. The predicted molar refractivity (Wildman–Crippen MR) is 89.2 cm³/mol. The van der Waals surface area contributed by atoms with Crippen LogP contribution in [-0.4, -0.2) is 35.5 Å². The molecule has 0 saturated carbocycles. The van der Waals surface area contributed by atoms with E-state index in [4.69, 9.17) is 4.74 Å². The first-order valence-corrected chi connectivity index (χ1v) is 8.51. The number of ether oxygens (including phenoxy) is 1. The van der Waals surface area contributed by atoms with E-state index in [0.717, 1.165) is 4.47 Å². The number of ketones is 1. The number of hydrogen-bond donors (Lipinski definition) is 1. The average Bonchev–Trinajstić information content (AvgIpc) is 2.67. The summed E-state index contributed by atoms with van der Waals surface area (Å²) in [5.74, 6) is -1.47. The second-order valence-corrected chi connectivity index (χ2v) is 7.66. The molecule has 1 fully saturated rings. The number of amides is 1. The maximum Gasteiger partial charge on any atom is 0.264 e. The first-order valence-electron chi connectivity index (χ1n) is 7.71. The van der Waals surface area contributed by atoms with Crippen LogP contribution in [0.4, 0.5) is 5.69 Å². The van der Waals surface area contributed by atoms with Crippen LogP contribution in [0.1, 0.15) is 32.8 Å². The summed E-state index contributed by atoms with van der Waals surface area (Å²) in [5, 5.41) is 11.3. The number of nitrogens with zero attached hydrogens (tertiary/aromatic N) is 1. The van der Waals surface area contributed by atoms with Crippen molar-refractivity contribution in [2.75, 3.05) is 18.1 Å². The fourth-order valence-electron chi connectivity index (χ4n) is 3.48. The molecule has 1 aromatic carbocycles. The van der Waals surface area contributed by atoms with Crippen LogP contribution in [0.15, 0.2) is 22.7 Å². The van der Waals surface area contributed by atoms with Gasteiger partial charge in [-0.2, -0.15) is 0 Å². The SMILES string of the molecule is CCN1C(=O)[C@](O)([C@@H]2COC(C)(C)CC2=O)c2cc(Br)ccc21. The number of carbonyl (C=O) groups is 2. The molecule has 5 nitrogen and oxygen atoms in total. The van der Waals surface area contributed by atoms with Gasteiger partial charge in [-0.15, -0.1) is 0 Å². The Bertz CT molecular complexity index is 687. The van der Waals surface area contributed by atoms with Crippen LogP contribution in [0.25, 0.3) is 0 Å². The van der Waals surface area contributed by atoms with Gasteiger partial charge in [-0.05, 0) is 39.0 Å². The van der Waals surface area contributed by atoms with E-state index in [1.165, 1.54) is 4.90 Å². The van der Waals surface area contributed by atoms with E-state index >= 15 is 0 Å². The number of carbonyl (C=O) groups excluding carboxylic acids is 2. The van der Waals surface area contributed by atoms with Crippen LogP contribution in [0.2, 0.25) is 0 Å². The summed E-state index contributed by atoms with van der Waals surface area (Å²) >= 11 is 3.38. The summed E-state index contributed by atoms with van der Waals surface area (Å²) in [6.45, 7) is 5.99. The van der Waals surface area contributed by atoms with Crippen molar-refractivity contribution in [1.29, 1.82) is 0 Å². The van der Waals surface area contributed by atoms with Gasteiger partial charge in [0.05, 0.1) is 23.8 Å². The maximum absolute atomic E-state index is 12.9. The highest BCUT2D eigenvalue weighted by Crippen LogP contribution is 2.47. The van der Waals surface area contributed by atoms with Crippen LogP contribution in [0.5, 0.6) is 0 Å². The normalized spacial score (nSPS) is 29.8. The molecule has 3 rings (SSSR count). The second kappa shape index (κ2) is 5.40. The van der Waals surface area contributed by atoms with E-state index in [1.807, 2.05) is 26.8 Å². The third-order valence-corrected chi connectivity index (χ3v) is 5.17. The Morgan fingerprint density at radius 1 is 1.39 bits per heavy atom. The van der Waals surface area contributed by atoms with Gasteiger partial charge in [0.25, 0.3) is 5.91 Å². The number of likely N-dealkylation sites (N-methyl/N-ethyl adjacent to an activating group) is 1. The highest BCUT2D eigenvalue weighted by molar-refractivity contribution is 9.10. The van der Waals surface area contributed by atoms with Crippen LogP contribution in [0.3, 0.4) is 0 Å². The van der Waals surface area contributed by atoms with E-state index in [0.29, 0.717) is 17.8 Å². The summed E-state index contributed by atoms with van der Waals surface area (Å²) in [5.41, 5.74) is -1.29. The first-order chi connectivity index (χ1) is 10.7. The van der Waals surface area contributed by atoms with Gasteiger partial charge < -0.3 is 14.7 Å². The lowest BCUT2D eigenvalue weighted by Gasteiger charge is -2.39. The topological polar surface area (TPSA) is 66.8 Å². The summed E-state index contributed by atoms with van der Waals surface area (Å²) in [7, 11) is 0. The molecule has 0 bridgehead atoms. The third-order valence-electron chi connectivity index (χ3n) is 4.68. The van der Waals surface area contributed by atoms with Crippen molar-refractivity contribution < 1.29 is 19.4 Å². The molecule has 1 amide bonds. The van der Waals surface area contributed by atoms with Crippen molar-refractivity contribution in [3.63, 3.8) is 0 Å². The molecule has 1 aromatic rings. The van der Waals surface area contributed by atoms with Crippen molar-refractivity contribution >= 4 is 33.3 Å². The molecule has 124 valence electrons. The minimum atomic E-state index is -1.86. The number of aliphatic hydroxyl groups is 1. The highest BCUT2D eigenvalue weighted by Gasteiger charge is 2.58. The molecule has 0 spiro atoms. The Morgan fingerprint density at radius 3 is 2.70 bits per heavy atom. The summed E-state index contributed by atoms with van der Waals surface area (Å²) in [6.07, 6.45) is 0.183. The van der Waals surface area contributed by atoms with E-state index in [1.54, 1.807) is 12.1 Å². The maximum atomic E-state index is 12.9. The molecule has 2 atom stereocenters. The number of Topliss-reactive ketones (excluding diaryl/α,β-unsaturated/α-hetero) is 1. The van der Waals surface area contributed by atoms with Crippen molar-refractivity contribution in [2.24, 2.45) is 5.92 Å². The standard InChI is InChI=1S/C17H20BrNO4/c1-4-19-13-6-5-10(18)7-11(13)17(22,15(19)21)12-9-23-16(2,3)8-14(12)20/h5-7,12,22H,4,8-9H2,1-3H3/t12-,17-/m1/s1. The Kier molecular flexibility index (Phi) is 3.90. The molecule has 6 heteroatoms. The average molecular weight is 382 g/mol. The minimum absolute atomic E-state index is 0.0393. The fraction of sp³-hybridized carbons (Fsp3) is 0.529. The second-order valence-electron chi connectivity index (χ2n) is 6.74. The number of hydrogen-bond acceptors (Lipinski definition) is 4. The molecule has 2 aliphatic heterocycles. The zero-order valence-electron chi connectivity index (χ0n) is 13.4. The van der Waals surface area contributed by atoms with E-state index in [9.17, 15) is 14.7 Å². The molecule has 2 aliphatic rings. The van der Waals surface area contributed by atoms with Gasteiger partial charge in [0.1, 0.15) is 5.78 Å². The number of benzene rings is 1. The minimum Gasteiger partial charge on any atom is -0.375 e. The van der Waals surface area contributed by atoms with E-state index in [2.05, 4.69) is 15.9 Å². The van der Waals surface area contributed by atoms with Crippen LogP contribution >= 0.6 is 15.9 Å². The molecule has 0 unspecified atom stereocenters. The van der Waals surface area contributed by atoms with Crippen molar-refractivity contribution in [3.05, 3.63) is 28.2 Å².